The Morgan fingerprint density at radius 3 is 2.29 bits per heavy atom. The molecule has 1 N–H and O–H groups in total. The topological polar surface area (TPSA) is 36.4 Å². The van der Waals surface area contributed by atoms with E-state index in [0.717, 1.165) is 37.2 Å². The third-order valence-electron chi connectivity index (χ3n) is 3.26. The van der Waals surface area contributed by atoms with Gasteiger partial charge in [-0.2, -0.15) is 0 Å². The zero-order chi connectivity index (χ0) is 12.9. The number of hydrogen-bond donors (Lipinski definition) is 1. The van der Waals surface area contributed by atoms with Crippen LogP contribution in [0.15, 0.2) is 18.3 Å². The minimum Gasteiger partial charge on any atom is -0.385 e. The third kappa shape index (κ3) is 3.51. The summed E-state index contributed by atoms with van der Waals surface area (Å²) in [6, 6.07) is 3.96. The van der Waals surface area contributed by atoms with Gasteiger partial charge in [0.2, 0.25) is 0 Å². The van der Waals surface area contributed by atoms with Gasteiger partial charge in [0.1, 0.15) is 0 Å². The molecule has 0 radical (unpaired) electrons. The van der Waals surface area contributed by atoms with Crippen molar-refractivity contribution in [1.82, 2.24) is 9.88 Å². The van der Waals surface area contributed by atoms with Gasteiger partial charge in [0.15, 0.2) is 0 Å². The number of rotatable bonds is 1. The summed E-state index contributed by atoms with van der Waals surface area (Å²) >= 11 is 0. The molecule has 2 rings (SSSR count). The van der Waals surface area contributed by atoms with Crippen LogP contribution in [0.2, 0.25) is 0 Å². The number of nitrogens with zero attached hydrogens (tertiary/aromatic N) is 2. The summed E-state index contributed by atoms with van der Waals surface area (Å²) in [7, 11) is 2.09. The summed E-state index contributed by atoms with van der Waals surface area (Å²) in [5, 5.41) is 10.5. The molecule has 2 heterocycles. The SMILES string of the molecule is CC.Cc1ccc(C2(O)CCN(C)CC2)cn1. The molecular formula is C14H24N2O. The van der Waals surface area contributed by atoms with E-state index in [-0.39, 0.29) is 0 Å². The van der Waals surface area contributed by atoms with E-state index in [0.29, 0.717) is 0 Å². The van der Waals surface area contributed by atoms with Crippen molar-refractivity contribution in [2.45, 2.75) is 39.2 Å². The number of hydrogen-bond acceptors (Lipinski definition) is 3. The Balaban J connectivity index is 0.000000686. The van der Waals surface area contributed by atoms with Crippen LogP contribution in [0.4, 0.5) is 0 Å². The van der Waals surface area contributed by atoms with Gasteiger partial charge in [-0.25, -0.2) is 0 Å². The lowest BCUT2D eigenvalue weighted by molar-refractivity contribution is -0.0205. The quantitative estimate of drug-likeness (QED) is 0.813. The van der Waals surface area contributed by atoms with Crippen molar-refractivity contribution in [1.29, 1.82) is 0 Å². The lowest BCUT2D eigenvalue weighted by atomic mass is 9.85. The summed E-state index contributed by atoms with van der Waals surface area (Å²) in [6.07, 6.45) is 3.41. The first-order chi connectivity index (χ1) is 8.10. The van der Waals surface area contributed by atoms with Crippen LogP contribution in [0.1, 0.15) is 37.9 Å². The van der Waals surface area contributed by atoms with Gasteiger partial charge in [-0.3, -0.25) is 4.98 Å². The molecule has 0 aliphatic carbocycles. The molecule has 0 unspecified atom stereocenters. The van der Waals surface area contributed by atoms with E-state index in [2.05, 4.69) is 16.9 Å². The van der Waals surface area contributed by atoms with Crippen LogP contribution < -0.4 is 0 Å². The number of aromatic nitrogens is 1. The molecule has 96 valence electrons. The van der Waals surface area contributed by atoms with Gasteiger partial charge in [-0.15, -0.1) is 0 Å². The zero-order valence-electron chi connectivity index (χ0n) is 11.4. The fraction of sp³-hybridized carbons (Fsp3) is 0.643. The molecule has 1 aromatic rings. The minimum atomic E-state index is -0.660. The molecule has 17 heavy (non-hydrogen) atoms. The number of likely N-dealkylation sites (tertiary alicyclic amines) is 1. The Hall–Kier alpha value is -0.930. The van der Waals surface area contributed by atoms with E-state index < -0.39 is 5.60 Å². The van der Waals surface area contributed by atoms with Crippen molar-refractivity contribution in [3.8, 4) is 0 Å². The van der Waals surface area contributed by atoms with Gasteiger partial charge in [-0.05, 0) is 32.9 Å². The molecule has 1 saturated heterocycles. The molecule has 0 amide bonds. The molecule has 0 bridgehead atoms. The molecule has 0 aromatic carbocycles. The minimum absolute atomic E-state index is 0.660. The van der Waals surface area contributed by atoms with Crippen LogP contribution in [0, 0.1) is 6.92 Å². The maximum absolute atomic E-state index is 10.5. The van der Waals surface area contributed by atoms with Gasteiger partial charge in [-0.1, -0.05) is 19.9 Å². The zero-order valence-corrected chi connectivity index (χ0v) is 11.4. The predicted molar refractivity (Wildman–Crippen MR) is 70.9 cm³/mol. The molecule has 1 aliphatic rings. The van der Waals surface area contributed by atoms with E-state index in [1.54, 1.807) is 6.20 Å². The maximum atomic E-state index is 10.5. The standard InChI is InChI=1S/C12H18N2O.C2H6/c1-10-3-4-11(9-13-10)12(15)5-7-14(2)8-6-12;1-2/h3-4,9,15H,5-8H2,1-2H3;1-2H3. The van der Waals surface area contributed by atoms with E-state index in [4.69, 9.17) is 0 Å². The first-order valence-electron chi connectivity index (χ1n) is 6.44. The first-order valence-corrected chi connectivity index (χ1v) is 6.44. The van der Waals surface area contributed by atoms with Crippen molar-refractivity contribution >= 4 is 0 Å². The number of aryl methyl sites for hydroxylation is 1. The average molecular weight is 236 g/mol. The summed E-state index contributed by atoms with van der Waals surface area (Å²) in [4.78, 5) is 6.49. The molecule has 3 heteroatoms. The monoisotopic (exact) mass is 236 g/mol. The average Bonchev–Trinajstić information content (AvgIpc) is 2.36. The Morgan fingerprint density at radius 1 is 1.24 bits per heavy atom. The normalized spacial score (nSPS) is 19.4. The Kier molecular flexibility index (Phi) is 5.09. The molecule has 1 aromatic heterocycles. The van der Waals surface area contributed by atoms with Crippen LogP contribution >= 0.6 is 0 Å². The summed E-state index contributed by atoms with van der Waals surface area (Å²) in [5.41, 5.74) is 1.30. The number of pyridine rings is 1. The van der Waals surface area contributed by atoms with Gasteiger partial charge in [0.05, 0.1) is 5.60 Å². The van der Waals surface area contributed by atoms with Crippen LogP contribution in [-0.2, 0) is 5.60 Å². The van der Waals surface area contributed by atoms with E-state index in [1.807, 2.05) is 32.9 Å². The van der Waals surface area contributed by atoms with Crippen molar-refractivity contribution in [2.24, 2.45) is 0 Å². The fourth-order valence-electron chi connectivity index (χ4n) is 2.02. The van der Waals surface area contributed by atoms with Gasteiger partial charge >= 0.3 is 0 Å². The van der Waals surface area contributed by atoms with Crippen molar-refractivity contribution in [2.75, 3.05) is 20.1 Å². The van der Waals surface area contributed by atoms with Gasteiger partial charge in [0, 0.05) is 30.5 Å². The molecule has 3 nitrogen and oxygen atoms in total. The lowest BCUT2D eigenvalue weighted by Gasteiger charge is -2.36. The van der Waals surface area contributed by atoms with Crippen molar-refractivity contribution < 1.29 is 5.11 Å². The molecule has 0 spiro atoms. The van der Waals surface area contributed by atoms with Gasteiger partial charge < -0.3 is 10.0 Å². The van der Waals surface area contributed by atoms with Gasteiger partial charge in [0.25, 0.3) is 0 Å². The second-order valence-corrected chi connectivity index (χ2v) is 4.52. The number of aliphatic hydroxyl groups is 1. The molecule has 1 aliphatic heterocycles. The van der Waals surface area contributed by atoms with Crippen LogP contribution in [0.3, 0.4) is 0 Å². The van der Waals surface area contributed by atoms with E-state index in [1.165, 1.54) is 0 Å². The third-order valence-corrected chi connectivity index (χ3v) is 3.26. The summed E-state index contributed by atoms with van der Waals surface area (Å²) < 4.78 is 0. The highest BCUT2D eigenvalue weighted by Crippen LogP contribution is 2.31. The first kappa shape index (κ1) is 14.1. The second-order valence-electron chi connectivity index (χ2n) is 4.52. The smallest absolute Gasteiger partial charge is 0.0935 e. The van der Waals surface area contributed by atoms with E-state index >= 15 is 0 Å². The highest BCUT2D eigenvalue weighted by atomic mass is 16.3. The summed E-state index contributed by atoms with van der Waals surface area (Å²) in [5.74, 6) is 0. The Labute approximate surface area is 104 Å². The lowest BCUT2D eigenvalue weighted by Crippen LogP contribution is -2.40. The van der Waals surface area contributed by atoms with Crippen LogP contribution in [-0.4, -0.2) is 35.1 Å². The molecule has 0 saturated carbocycles. The molecule has 1 fully saturated rings. The van der Waals surface area contributed by atoms with Crippen LogP contribution in [0.5, 0.6) is 0 Å². The largest absolute Gasteiger partial charge is 0.385 e. The summed E-state index contributed by atoms with van der Waals surface area (Å²) in [6.45, 7) is 7.86. The predicted octanol–water partition coefficient (Wildman–Crippen LogP) is 2.33. The maximum Gasteiger partial charge on any atom is 0.0935 e. The highest BCUT2D eigenvalue weighted by Gasteiger charge is 2.32. The highest BCUT2D eigenvalue weighted by molar-refractivity contribution is 5.21. The molecule has 0 atom stereocenters. The Bertz CT molecular complexity index is 327. The second kappa shape index (κ2) is 6.12. The fourth-order valence-corrected chi connectivity index (χ4v) is 2.02. The van der Waals surface area contributed by atoms with Crippen molar-refractivity contribution in [3.63, 3.8) is 0 Å². The number of piperidine rings is 1. The Morgan fingerprint density at radius 2 is 1.82 bits per heavy atom. The molecular weight excluding hydrogens is 212 g/mol. The van der Waals surface area contributed by atoms with Crippen molar-refractivity contribution in [3.05, 3.63) is 29.6 Å². The van der Waals surface area contributed by atoms with Crippen LogP contribution in [0.25, 0.3) is 0 Å². The van der Waals surface area contributed by atoms with E-state index in [9.17, 15) is 5.11 Å².